The molecule has 7 heteroatoms. The van der Waals surface area contributed by atoms with Gasteiger partial charge in [0.05, 0.1) is 5.69 Å². The molecule has 2 rings (SSSR count). The fraction of sp³-hybridized carbons (Fsp3) is 0. The normalized spacial score (nSPS) is 10.4. The molecule has 0 bridgehead atoms. The molecule has 0 unspecified atom stereocenters. The number of anilines is 2. The van der Waals surface area contributed by atoms with Crippen molar-refractivity contribution >= 4 is 44.8 Å². The van der Waals surface area contributed by atoms with Gasteiger partial charge in [0.1, 0.15) is 17.3 Å². The number of hydrogen-bond donors (Lipinski definition) is 2. The molecule has 0 aliphatic heterocycles. The van der Waals surface area contributed by atoms with Crippen molar-refractivity contribution in [3.05, 3.63) is 57.0 Å². The number of carbonyl (C=O) groups excluding carboxylic acids is 1. The highest BCUT2D eigenvalue weighted by atomic mass is 79.9. The molecule has 2 aromatic carbocycles. The van der Waals surface area contributed by atoms with Gasteiger partial charge >= 0.3 is 0 Å². The molecule has 20 heavy (non-hydrogen) atoms. The summed E-state index contributed by atoms with van der Waals surface area (Å²) in [5, 5.41) is 2.91. The van der Waals surface area contributed by atoms with Gasteiger partial charge in [0.25, 0.3) is 5.91 Å². The van der Waals surface area contributed by atoms with Crippen LogP contribution in [0.1, 0.15) is 10.4 Å². The number of nitrogen functional groups attached to an aromatic ring is 1. The molecule has 0 aromatic heterocycles. The van der Waals surface area contributed by atoms with Crippen molar-refractivity contribution in [2.75, 3.05) is 11.1 Å². The molecule has 2 aromatic rings. The minimum atomic E-state index is -0.986. The van der Waals surface area contributed by atoms with E-state index in [1.807, 2.05) is 0 Å². The van der Waals surface area contributed by atoms with Crippen LogP contribution in [0.4, 0.5) is 20.2 Å². The standard InChI is InChI=1S/C13H8BrClF2N2O/c14-8-2-1-7(15)5-11(8)19-13(20)6-3-9(16)12(18)10(17)4-6/h1-5H,18H2,(H,19,20). The van der Waals surface area contributed by atoms with Crippen LogP contribution in [0, 0.1) is 11.6 Å². The second-order valence-electron chi connectivity index (χ2n) is 3.93. The van der Waals surface area contributed by atoms with Crippen molar-refractivity contribution in [2.24, 2.45) is 0 Å². The maximum atomic E-state index is 13.3. The minimum Gasteiger partial charge on any atom is -0.394 e. The predicted octanol–water partition coefficient (Wildman–Crippen LogP) is 4.22. The molecule has 0 spiro atoms. The van der Waals surface area contributed by atoms with E-state index in [1.54, 1.807) is 12.1 Å². The fourth-order valence-corrected chi connectivity index (χ4v) is 2.02. The van der Waals surface area contributed by atoms with Crippen molar-refractivity contribution in [3.63, 3.8) is 0 Å². The third-order valence-corrected chi connectivity index (χ3v) is 3.44. The number of hydrogen-bond acceptors (Lipinski definition) is 2. The summed E-state index contributed by atoms with van der Waals surface area (Å²) in [5.41, 5.74) is 4.73. The van der Waals surface area contributed by atoms with Crippen LogP contribution < -0.4 is 11.1 Å². The lowest BCUT2D eigenvalue weighted by atomic mass is 10.1. The van der Waals surface area contributed by atoms with Gasteiger partial charge in [0.15, 0.2) is 0 Å². The van der Waals surface area contributed by atoms with Gasteiger partial charge in [0.2, 0.25) is 0 Å². The van der Waals surface area contributed by atoms with E-state index in [2.05, 4.69) is 21.2 Å². The first kappa shape index (κ1) is 14.7. The summed E-state index contributed by atoms with van der Waals surface area (Å²) in [6.45, 7) is 0. The van der Waals surface area contributed by atoms with Gasteiger partial charge < -0.3 is 11.1 Å². The van der Waals surface area contributed by atoms with E-state index < -0.39 is 23.2 Å². The van der Waals surface area contributed by atoms with Crippen LogP contribution in [0.2, 0.25) is 5.02 Å². The fourth-order valence-electron chi connectivity index (χ4n) is 1.50. The zero-order valence-corrected chi connectivity index (χ0v) is 12.2. The molecule has 104 valence electrons. The maximum absolute atomic E-state index is 13.3. The number of nitrogens with one attached hydrogen (secondary N) is 1. The van der Waals surface area contributed by atoms with E-state index in [9.17, 15) is 13.6 Å². The molecule has 0 aliphatic rings. The van der Waals surface area contributed by atoms with Crippen molar-refractivity contribution in [2.45, 2.75) is 0 Å². The average Bonchev–Trinajstić information content (AvgIpc) is 2.39. The molecule has 0 heterocycles. The van der Waals surface area contributed by atoms with E-state index in [0.29, 0.717) is 15.2 Å². The molecule has 0 saturated carbocycles. The SMILES string of the molecule is Nc1c(F)cc(C(=O)Nc2cc(Cl)ccc2Br)cc1F. The van der Waals surface area contributed by atoms with Crippen LogP contribution in [-0.2, 0) is 0 Å². The first-order valence-corrected chi connectivity index (χ1v) is 6.56. The van der Waals surface area contributed by atoms with Gasteiger partial charge in [-0.2, -0.15) is 0 Å². The van der Waals surface area contributed by atoms with Crippen LogP contribution in [0.25, 0.3) is 0 Å². The third kappa shape index (κ3) is 3.08. The number of rotatable bonds is 2. The Morgan fingerprint density at radius 2 is 1.80 bits per heavy atom. The smallest absolute Gasteiger partial charge is 0.255 e. The van der Waals surface area contributed by atoms with E-state index >= 15 is 0 Å². The predicted molar refractivity (Wildman–Crippen MR) is 77.9 cm³/mol. The monoisotopic (exact) mass is 360 g/mol. The highest BCUT2D eigenvalue weighted by molar-refractivity contribution is 9.10. The minimum absolute atomic E-state index is 0.180. The zero-order chi connectivity index (χ0) is 14.9. The van der Waals surface area contributed by atoms with Gasteiger partial charge in [-0.3, -0.25) is 4.79 Å². The maximum Gasteiger partial charge on any atom is 0.255 e. The lowest BCUT2D eigenvalue weighted by Crippen LogP contribution is -2.13. The number of nitrogens with two attached hydrogens (primary N) is 1. The van der Waals surface area contributed by atoms with Crippen LogP contribution in [-0.4, -0.2) is 5.91 Å². The average molecular weight is 362 g/mol. The lowest BCUT2D eigenvalue weighted by Gasteiger charge is -2.09. The summed E-state index contributed by atoms with van der Waals surface area (Å²) in [7, 11) is 0. The van der Waals surface area contributed by atoms with E-state index in [-0.39, 0.29) is 5.56 Å². The van der Waals surface area contributed by atoms with Crippen LogP contribution in [0.3, 0.4) is 0 Å². The first-order valence-electron chi connectivity index (χ1n) is 5.39. The zero-order valence-electron chi connectivity index (χ0n) is 9.88. The second kappa shape index (κ2) is 5.76. The lowest BCUT2D eigenvalue weighted by molar-refractivity contribution is 0.102. The highest BCUT2D eigenvalue weighted by Crippen LogP contribution is 2.27. The Balaban J connectivity index is 2.31. The summed E-state index contributed by atoms with van der Waals surface area (Å²) in [6, 6.07) is 6.51. The van der Waals surface area contributed by atoms with Crippen LogP contribution in [0.15, 0.2) is 34.8 Å². The summed E-state index contributed by atoms with van der Waals surface area (Å²) < 4.78 is 27.2. The quantitative estimate of drug-likeness (QED) is 0.787. The molecule has 1 amide bonds. The summed E-state index contributed by atoms with van der Waals surface area (Å²) in [6.07, 6.45) is 0. The van der Waals surface area contributed by atoms with Crippen molar-refractivity contribution in [1.29, 1.82) is 0 Å². The van der Waals surface area contributed by atoms with E-state index in [4.69, 9.17) is 17.3 Å². The van der Waals surface area contributed by atoms with Crippen LogP contribution in [0.5, 0.6) is 0 Å². The van der Waals surface area contributed by atoms with E-state index in [1.165, 1.54) is 6.07 Å². The number of halogens is 4. The molecule has 3 N–H and O–H groups in total. The summed E-state index contributed by atoms with van der Waals surface area (Å²) in [4.78, 5) is 11.9. The van der Waals surface area contributed by atoms with E-state index in [0.717, 1.165) is 12.1 Å². The Morgan fingerprint density at radius 3 is 2.40 bits per heavy atom. The molecule has 0 fully saturated rings. The molecule has 0 aliphatic carbocycles. The Kier molecular flexibility index (Phi) is 4.25. The summed E-state index contributed by atoms with van der Waals surface area (Å²) >= 11 is 9.04. The molecule has 0 radical (unpaired) electrons. The number of benzene rings is 2. The number of carbonyl (C=O) groups is 1. The Labute approximate surface area is 126 Å². The molecular formula is C13H8BrClF2N2O. The van der Waals surface area contributed by atoms with Crippen molar-refractivity contribution in [3.8, 4) is 0 Å². The van der Waals surface area contributed by atoms with Gasteiger partial charge in [0, 0.05) is 15.1 Å². The van der Waals surface area contributed by atoms with Gasteiger partial charge in [-0.15, -0.1) is 0 Å². The Hall–Kier alpha value is -1.66. The van der Waals surface area contributed by atoms with Gasteiger partial charge in [-0.05, 0) is 46.3 Å². The number of amides is 1. The molecule has 0 saturated heterocycles. The Bertz CT molecular complexity index is 671. The molecular weight excluding hydrogens is 354 g/mol. The molecule has 3 nitrogen and oxygen atoms in total. The second-order valence-corrected chi connectivity index (χ2v) is 5.22. The topological polar surface area (TPSA) is 55.1 Å². The Morgan fingerprint density at radius 1 is 1.20 bits per heavy atom. The largest absolute Gasteiger partial charge is 0.394 e. The van der Waals surface area contributed by atoms with Crippen molar-refractivity contribution < 1.29 is 13.6 Å². The highest BCUT2D eigenvalue weighted by Gasteiger charge is 2.14. The van der Waals surface area contributed by atoms with Gasteiger partial charge in [-0.25, -0.2) is 8.78 Å². The summed E-state index contributed by atoms with van der Waals surface area (Å²) in [5.74, 6) is -2.65. The first-order chi connectivity index (χ1) is 9.38. The van der Waals surface area contributed by atoms with Crippen LogP contribution >= 0.6 is 27.5 Å². The van der Waals surface area contributed by atoms with Gasteiger partial charge in [-0.1, -0.05) is 11.6 Å². The molecule has 0 atom stereocenters. The van der Waals surface area contributed by atoms with Crippen molar-refractivity contribution in [1.82, 2.24) is 0 Å². The third-order valence-electron chi connectivity index (χ3n) is 2.52.